The molecule has 0 aromatic carbocycles. The topological polar surface area (TPSA) is 64.3 Å². The van der Waals surface area contributed by atoms with E-state index in [9.17, 15) is 8.42 Å². The summed E-state index contributed by atoms with van der Waals surface area (Å²) in [6.45, 7) is 2.02. The summed E-state index contributed by atoms with van der Waals surface area (Å²) >= 11 is 0. The Balaban J connectivity index is 1.91. The van der Waals surface area contributed by atoms with E-state index in [1.165, 1.54) is 0 Å². The fraction of sp³-hybridized carbons (Fsp3) is 0.500. The zero-order valence-electron chi connectivity index (χ0n) is 10.2. The molecular formula is C12H15N3O2S. The summed E-state index contributed by atoms with van der Waals surface area (Å²) in [5.41, 5.74) is 1.98. The largest absolute Gasteiger partial charge is 0.229 e. The number of sulfone groups is 1. The first-order valence-electron chi connectivity index (χ1n) is 6.07. The van der Waals surface area contributed by atoms with Gasteiger partial charge in [-0.2, -0.15) is 5.10 Å². The van der Waals surface area contributed by atoms with E-state index >= 15 is 0 Å². The average Bonchev–Trinajstić information content (AvgIpc) is 2.71. The summed E-state index contributed by atoms with van der Waals surface area (Å²) < 4.78 is 24.6. The Morgan fingerprint density at radius 1 is 1.33 bits per heavy atom. The van der Waals surface area contributed by atoms with E-state index in [-0.39, 0.29) is 17.4 Å². The van der Waals surface area contributed by atoms with Crippen LogP contribution < -0.4 is 0 Å². The minimum atomic E-state index is -2.82. The summed E-state index contributed by atoms with van der Waals surface area (Å²) in [6.07, 6.45) is 3.16. The maximum atomic E-state index is 11.4. The molecule has 96 valence electrons. The highest BCUT2D eigenvalue weighted by Gasteiger charge is 2.27. The molecule has 0 atom stereocenters. The number of pyridine rings is 1. The molecule has 2 aromatic heterocycles. The minimum Gasteiger partial charge on any atom is -0.229 e. The highest BCUT2D eigenvalue weighted by atomic mass is 32.2. The van der Waals surface area contributed by atoms with Gasteiger partial charge in [-0.05, 0) is 37.5 Å². The standard InChI is InChI=1S/C12H15N3O2S/c1-9-2-5-15-11(8-9)13-12(14-15)10-3-6-18(16,17)7-4-10/h2,5,8,10H,3-4,6-7H2,1H3. The van der Waals surface area contributed by atoms with Gasteiger partial charge < -0.3 is 0 Å². The van der Waals surface area contributed by atoms with Crippen LogP contribution in [0.5, 0.6) is 0 Å². The maximum Gasteiger partial charge on any atom is 0.155 e. The number of hydrogen-bond donors (Lipinski definition) is 0. The van der Waals surface area contributed by atoms with Crippen molar-refractivity contribution in [2.45, 2.75) is 25.7 Å². The monoisotopic (exact) mass is 265 g/mol. The Kier molecular flexibility index (Phi) is 2.62. The summed E-state index contributed by atoms with van der Waals surface area (Å²) in [6, 6.07) is 3.97. The Hall–Kier alpha value is -1.43. The van der Waals surface area contributed by atoms with Crippen molar-refractivity contribution in [2.24, 2.45) is 0 Å². The third kappa shape index (κ3) is 2.12. The minimum absolute atomic E-state index is 0.175. The van der Waals surface area contributed by atoms with Gasteiger partial charge in [0.25, 0.3) is 0 Å². The molecule has 0 unspecified atom stereocenters. The number of fused-ring (bicyclic) bond motifs is 1. The van der Waals surface area contributed by atoms with Crippen LogP contribution >= 0.6 is 0 Å². The molecule has 18 heavy (non-hydrogen) atoms. The Bertz CT molecular complexity index is 676. The van der Waals surface area contributed by atoms with Gasteiger partial charge in [-0.1, -0.05) is 0 Å². The molecule has 0 spiro atoms. The van der Waals surface area contributed by atoms with Crippen LogP contribution in [-0.4, -0.2) is 34.5 Å². The molecule has 6 heteroatoms. The number of rotatable bonds is 1. The first-order chi connectivity index (χ1) is 8.53. The first kappa shape index (κ1) is 11.6. The molecule has 2 aromatic rings. The van der Waals surface area contributed by atoms with Gasteiger partial charge in [0.2, 0.25) is 0 Å². The molecule has 0 radical (unpaired) electrons. The fourth-order valence-electron chi connectivity index (χ4n) is 2.32. The van der Waals surface area contributed by atoms with Crippen molar-refractivity contribution in [3.05, 3.63) is 29.7 Å². The Labute approximate surface area is 106 Å². The van der Waals surface area contributed by atoms with Crippen molar-refractivity contribution in [2.75, 3.05) is 11.5 Å². The summed E-state index contributed by atoms with van der Waals surface area (Å²) in [5, 5.41) is 4.44. The van der Waals surface area contributed by atoms with Crippen LogP contribution in [0.1, 0.15) is 30.1 Å². The lowest BCUT2D eigenvalue weighted by Gasteiger charge is -2.18. The predicted molar refractivity (Wildman–Crippen MR) is 68.4 cm³/mol. The van der Waals surface area contributed by atoms with Crippen molar-refractivity contribution in [1.29, 1.82) is 0 Å². The van der Waals surface area contributed by atoms with Gasteiger partial charge in [0, 0.05) is 12.1 Å². The van der Waals surface area contributed by atoms with E-state index in [4.69, 9.17) is 0 Å². The smallest absolute Gasteiger partial charge is 0.155 e. The van der Waals surface area contributed by atoms with Crippen molar-refractivity contribution in [3.63, 3.8) is 0 Å². The van der Waals surface area contributed by atoms with Crippen molar-refractivity contribution < 1.29 is 8.42 Å². The number of aromatic nitrogens is 3. The van der Waals surface area contributed by atoms with Crippen molar-refractivity contribution in [1.82, 2.24) is 14.6 Å². The molecule has 5 nitrogen and oxygen atoms in total. The summed E-state index contributed by atoms with van der Waals surface area (Å²) in [5.74, 6) is 1.46. The zero-order chi connectivity index (χ0) is 12.8. The number of hydrogen-bond acceptors (Lipinski definition) is 4. The lowest BCUT2D eigenvalue weighted by atomic mass is 10.0. The van der Waals surface area contributed by atoms with Crippen molar-refractivity contribution in [3.8, 4) is 0 Å². The highest BCUT2D eigenvalue weighted by molar-refractivity contribution is 7.91. The molecule has 3 rings (SSSR count). The molecule has 3 heterocycles. The second-order valence-electron chi connectivity index (χ2n) is 4.90. The van der Waals surface area contributed by atoms with Crippen LogP contribution in [0.4, 0.5) is 0 Å². The van der Waals surface area contributed by atoms with E-state index in [2.05, 4.69) is 10.1 Å². The molecule has 0 N–H and O–H groups in total. The lowest BCUT2D eigenvalue weighted by molar-refractivity contribution is 0.537. The van der Waals surface area contributed by atoms with Gasteiger partial charge in [-0.25, -0.2) is 17.9 Å². The SMILES string of the molecule is Cc1ccn2nc(C3CCS(=O)(=O)CC3)nc2c1. The summed E-state index contributed by atoms with van der Waals surface area (Å²) in [4.78, 5) is 4.50. The molecular weight excluding hydrogens is 250 g/mol. The van der Waals surface area contributed by atoms with E-state index in [0.29, 0.717) is 12.8 Å². The first-order valence-corrected chi connectivity index (χ1v) is 7.89. The normalized spacial score (nSPS) is 20.3. The quantitative estimate of drug-likeness (QED) is 0.780. The zero-order valence-corrected chi connectivity index (χ0v) is 11.0. The molecule has 0 bridgehead atoms. The third-order valence-corrected chi connectivity index (χ3v) is 5.14. The second kappa shape index (κ2) is 4.05. The van der Waals surface area contributed by atoms with Crippen LogP contribution in [0.15, 0.2) is 18.3 Å². The molecule has 0 amide bonds. The molecule has 0 aliphatic carbocycles. The Morgan fingerprint density at radius 3 is 2.78 bits per heavy atom. The Morgan fingerprint density at radius 2 is 2.06 bits per heavy atom. The fourth-order valence-corrected chi connectivity index (χ4v) is 3.81. The van der Waals surface area contributed by atoms with E-state index in [0.717, 1.165) is 17.0 Å². The van der Waals surface area contributed by atoms with E-state index in [1.807, 2.05) is 25.3 Å². The average molecular weight is 265 g/mol. The second-order valence-corrected chi connectivity index (χ2v) is 7.21. The van der Waals surface area contributed by atoms with E-state index in [1.54, 1.807) is 4.52 Å². The van der Waals surface area contributed by atoms with Crippen LogP contribution in [0.25, 0.3) is 5.65 Å². The number of nitrogens with zero attached hydrogens (tertiary/aromatic N) is 3. The van der Waals surface area contributed by atoms with Crippen molar-refractivity contribution >= 4 is 15.5 Å². The van der Waals surface area contributed by atoms with Gasteiger partial charge in [0.15, 0.2) is 11.5 Å². The third-order valence-electron chi connectivity index (χ3n) is 3.43. The highest BCUT2D eigenvalue weighted by Crippen LogP contribution is 2.27. The maximum absolute atomic E-state index is 11.4. The van der Waals surface area contributed by atoms with E-state index < -0.39 is 9.84 Å². The summed E-state index contributed by atoms with van der Waals surface area (Å²) in [7, 11) is -2.82. The predicted octanol–water partition coefficient (Wildman–Crippen LogP) is 1.33. The van der Waals surface area contributed by atoms with Crippen LogP contribution in [0.3, 0.4) is 0 Å². The van der Waals surface area contributed by atoms with Gasteiger partial charge >= 0.3 is 0 Å². The van der Waals surface area contributed by atoms with Gasteiger partial charge in [0.05, 0.1) is 11.5 Å². The number of aryl methyl sites for hydroxylation is 1. The molecule has 1 fully saturated rings. The van der Waals surface area contributed by atoms with Crippen LogP contribution in [-0.2, 0) is 9.84 Å². The van der Waals surface area contributed by atoms with Crippen LogP contribution in [0, 0.1) is 6.92 Å². The molecule has 1 saturated heterocycles. The molecule has 0 saturated carbocycles. The van der Waals surface area contributed by atoms with Crippen LogP contribution in [0.2, 0.25) is 0 Å². The molecule has 1 aliphatic rings. The lowest BCUT2D eigenvalue weighted by Crippen LogP contribution is -2.22. The van der Waals surface area contributed by atoms with Gasteiger partial charge in [-0.3, -0.25) is 0 Å². The molecule has 1 aliphatic heterocycles. The van der Waals surface area contributed by atoms with Gasteiger partial charge in [0.1, 0.15) is 9.84 Å². The van der Waals surface area contributed by atoms with Gasteiger partial charge in [-0.15, -0.1) is 0 Å².